The van der Waals surface area contributed by atoms with Gasteiger partial charge in [0.05, 0.1) is 10.5 Å². The molecule has 3 atom stereocenters. The summed E-state index contributed by atoms with van der Waals surface area (Å²) in [6.07, 6.45) is -0.128. The van der Waals surface area contributed by atoms with Gasteiger partial charge >= 0.3 is 6.09 Å². The largest absolute Gasteiger partial charge is 0.465 e. The first kappa shape index (κ1) is 29.6. The number of hydrogen-bond donors (Lipinski definition) is 6. The Kier molecular flexibility index (Phi) is 9.20. The summed E-state index contributed by atoms with van der Waals surface area (Å²) >= 11 is 12.7. The first-order valence-electron chi connectivity index (χ1n) is 12.6. The number of nitrogens with two attached hydrogens (primary N) is 1. The van der Waals surface area contributed by atoms with E-state index in [0.29, 0.717) is 28.4 Å². The van der Waals surface area contributed by atoms with E-state index in [-0.39, 0.29) is 31.1 Å². The molecule has 0 aliphatic heterocycles. The number of nitrogens with one attached hydrogen (secondary N) is 4. The van der Waals surface area contributed by atoms with E-state index in [1.54, 1.807) is 12.1 Å². The van der Waals surface area contributed by atoms with Crippen LogP contribution in [0.15, 0.2) is 12.1 Å². The maximum Gasteiger partial charge on any atom is 0.405 e. The second-order valence-electron chi connectivity index (χ2n) is 10.8. The molecule has 4 amide bonds. The summed E-state index contributed by atoms with van der Waals surface area (Å²) in [4.78, 5) is 54.2. The predicted octanol–water partition coefficient (Wildman–Crippen LogP) is 3.52. The van der Waals surface area contributed by atoms with Crippen LogP contribution >= 0.6 is 23.2 Å². The van der Waals surface area contributed by atoms with Crippen molar-refractivity contribution in [3.63, 3.8) is 0 Å². The molecule has 208 valence electrons. The average Bonchev–Trinajstić information content (AvgIpc) is 3.15. The van der Waals surface area contributed by atoms with Crippen molar-refractivity contribution in [1.82, 2.24) is 20.9 Å². The van der Waals surface area contributed by atoms with Gasteiger partial charge in [-0.25, -0.2) is 4.79 Å². The van der Waals surface area contributed by atoms with Crippen LogP contribution in [0.1, 0.15) is 58.2 Å². The molecule has 1 aliphatic carbocycles. The van der Waals surface area contributed by atoms with E-state index < -0.39 is 41.4 Å². The fourth-order valence-corrected chi connectivity index (χ4v) is 5.56. The highest BCUT2D eigenvalue weighted by Gasteiger charge is 2.46. The van der Waals surface area contributed by atoms with E-state index in [1.807, 2.05) is 27.7 Å². The van der Waals surface area contributed by atoms with Crippen molar-refractivity contribution in [1.29, 1.82) is 0 Å². The number of carboxylic acid groups (broad SMARTS) is 1. The van der Waals surface area contributed by atoms with E-state index in [9.17, 15) is 24.3 Å². The fraction of sp³-hybridized carbons (Fsp3) is 0.538. The summed E-state index contributed by atoms with van der Waals surface area (Å²) in [7, 11) is 0. The number of carbonyl (C=O) groups is 4. The highest BCUT2D eigenvalue weighted by atomic mass is 35.5. The molecular weight excluding hydrogens is 533 g/mol. The maximum absolute atomic E-state index is 13.9. The molecule has 2 aromatic rings. The third-order valence-electron chi connectivity index (χ3n) is 6.77. The second kappa shape index (κ2) is 11.8. The minimum Gasteiger partial charge on any atom is -0.465 e. The lowest BCUT2D eigenvalue weighted by molar-refractivity contribution is -0.137. The third kappa shape index (κ3) is 6.71. The van der Waals surface area contributed by atoms with Crippen LogP contribution in [-0.4, -0.2) is 51.5 Å². The van der Waals surface area contributed by atoms with Crippen LogP contribution < -0.4 is 21.7 Å². The van der Waals surface area contributed by atoms with Gasteiger partial charge in [-0.05, 0) is 55.2 Å². The summed E-state index contributed by atoms with van der Waals surface area (Å²) in [5, 5.41) is 18.7. The van der Waals surface area contributed by atoms with Crippen LogP contribution in [0.2, 0.25) is 10.0 Å². The molecule has 0 spiro atoms. The van der Waals surface area contributed by atoms with Crippen LogP contribution in [0.5, 0.6) is 0 Å². The Hall–Kier alpha value is -2.98. The molecule has 3 rings (SSSR count). The molecular formula is C26H35Cl2N5O5. The zero-order chi connectivity index (χ0) is 28.4. The van der Waals surface area contributed by atoms with Gasteiger partial charge in [0.2, 0.25) is 17.7 Å². The monoisotopic (exact) mass is 567 g/mol. The van der Waals surface area contributed by atoms with E-state index >= 15 is 0 Å². The molecule has 0 saturated heterocycles. The average molecular weight is 569 g/mol. The minimum absolute atomic E-state index is 0.00326. The first-order valence-corrected chi connectivity index (χ1v) is 13.4. The van der Waals surface area contributed by atoms with Gasteiger partial charge in [-0.2, -0.15) is 0 Å². The van der Waals surface area contributed by atoms with Gasteiger partial charge < -0.3 is 31.8 Å². The number of hydrogen-bond acceptors (Lipinski definition) is 4. The molecule has 1 aliphatic rings. The van der Waals surface area contributed by atoms with Crippen molar-refractivity contribution in [3.05, 3.63) is 33.4 Å². The highest BCUT2D eigenvalue weighted by Crippen LogP contribution is 2.38. The molecule has 1 heterocycles. The smallest absolute Gasteiger partial charge is 0.405 e. The molecule has 0 unspecified atom stereocenters. The molecule has 0 saturated carbocycles. The lowest BCUT2D eigenvalue weighted by Crippen LogP contribution is -2.66. The number of halogens is 2. The van der Waals surface area contributed by atoms with Gasteiger partial charge in [0.25, 0.3) is 0 Å². The summed E-state index contributed by atoms with van der Waals surface area (Å²) < 4.78 is 0. The van der Waals surface area contributed by atoms with Gasteiger partial charge in [-0.1, -0.05) is 50.9 Å². The number of aryl methyl sites for hydroxylation is 1. The molecule has 1 aromatic carbocycles. The standard InChI is InChI=1S/C26H35Cl2N5O5/c1-12(2)7-19(22(29)34)31-24(36)26(33-23(35)20(8-13(3)4)32-25(37)38)6-5-18-16(11-26)15-9-14(27)10-17(28)21(15)30-18/h9-10,12-13,19-20,30,32H,5-8,11H2,1-4H3,(H2,29,34)(H,31,36)(H,33,35)(H,37,38)/t19-,20-,26+/m0/s1. The van der Waals surface area contributed by atoms with Gasteiger partial charge in [-0.15, -0.1) is 0 Å². The Morgan fingerprint density at radius 1 is 1.05 bits per heavy atom. The topological polar surface area (TPSA) is 166 Å². The first-order chi connectivity index (χ1) is 17.7. The van der Waals surface area contributed by atoms with Crippen molar-refractivity contribution in [2.45, 2.75) is 77.4 Å². The number of benzene rings is 1. The van der Waals surface area contributed by atoms with Gasteiger partial charge in [0.1, 0.15) is 17.6 Å². The number of fused-ring (bicyclic) bond motifs is 3. The fourth-order valence-electron chi connectivity index (χ4n) is 5.02. The zero-order valence-electron chi connectivity index (χ0n) is 21.9. The number of carbonyl (C=O) groups excluding carboxylic acids is 3. The second-order valence-corrected chi connectivity index (χ2v) is 11.7. The van der Waals surface area contributed by atoms with Crippen LogP contribution in [0.4, 0.5) is 4.79 Å². The SMILES string of the molecule is CC(C)C[C@H](NC(=O)[C@@]1(NC(=O)[C@H](CC(C)C)NC(=O)O)CCc2[nH]c3c(Cl)cc(Cl)cc3c2C1)C(N)=O. The molecule has 10 nitrogen and oxygen atoms in total. The van der Waals surface area contributed by atoms with Gasteiger partial charge in [-0.3, -0.25) is 14.4 Å². The molecule has 1 aromatic heterocycles. The Morgan fingerprint density at radius 2 is 1.68 bits per heavy atom. The molecule has 38 heavy (non-hydrogen) atoms. The lowest BCUT2D eigenvalue weighted by Gasteiger charge is -2.38. The molecule has 12 heteroatoms. The lowest BCUT2D eigenvalue weighted by atomic mass is 9.78. The molecule has 0 fully saturated rings. The molecule has 7 N–H and O–H groups in total. The number of aromatic amines is 1. The Bertz CT molecular complexity index is 1240. The van der Waals surface area contributed by atoms with Crippen molar-refractivity contribution < 1.29 is 24.3 Å². The van der Waals surface area contributed by atoms with Crippen molar-refractivity contribution in [2.24, 2.45) is 17.6 Å². The maximum atomic E-state index is 13.9. The third-order valence-corrected chi connectivity index (χ3v) is 7.29. The van der Waals surface area contributed by atoms with Crippen LogP contribution in [0.25, 0.3) is 10.9 Å². The summed E-state index contributed by atoms with van der Waals surface area (Å²) in [5.74, 6) is -1.80. The molecule has 0 radical (unpaired) electrons. The zero-order valence-corrected chi connectivity index (χ0v) is 23.4. The Labute approximate surface area is 231 Å². The van der Waals surface area contributed by atoms with E-state index in [2.05, 4.69) is 20.9 Å². The van der Waals surface area contributed by atoms with Crippen LogP contribution in [0, 0.1) is 11.8 Å². The Morgan fingerprint density at radius 3 is 2.26 bits per heavy atom. The van der Waals surface area contributed by atoms with Crippen molar-refractivity contribution in [2.75, 3.05) is 0 Å². The van der Waals surface area contributed by atoms with E-state index in [4.69, 9.17) is 28.9 Å². The highest BCUT2D eigenvalue weighted by molar-refractivity contribution is 6.38. The van der Waals surface area contributed by atoms with Crippen molar-refractivity contribution in [3.8, 4) is 0 Å². The quantitative estimate of drug-likeness (QED) is 0.258. The van der Waals surface area contributed by atoms with Crippen LogP contribution in [0.3, 0.4) is 0 Å². The van der Waals surface area contributed by atoms with Gasteiger partial charge in [0, 0.05) is 22.5 Å². The van der Waals surface area contributed by atoms with E-state index in [1.165, 1.54) is 0 Å². The number of primary amides is 1. The summed E-state index contributed by atoms with van der Waals surface area (Å²) in [6, 6.07) is 1.35. The van der Waals surface area contributed by atoms with E-state index in [0.717, 1.165) is 16.6 Å². The van der Waals surface area contributed by atoms with Crippen LogP contribution in [-0.2, 0) is 27.2 Å². The summed E-state index contributed by atoms with van der Waals surface area (Å²) in [5.41, 5.74) is 6.39. The summed E-state index contributed by atoms with van der Waals surface area (Å²) in [6.45, 7) is 7.53. The number of aromatic nitrogens is 1. The number of rotatable bonds is 10. The number of H-pyrrole nitrogens is 1. The normalized spacial score (nSPS) is 18.6. The van der Waals surface area contributed by atoms with Gasteiger partial charge in [0.15, 0.2) is 0 Å². The number of amides is 4. The predicted molar refractivity (Wildman–Crippen MR) is 146 cm³/mol. The Balaban J connectivity index is 2.05. The molecule has 0 bridgehead atoms. The minimum atomic E-state index is -1.48. The van der Waals surface area contributed by atoms with Crippen molar-refractivity contribution >= 4 is 57.9 Å².